The number of ether oxygens (including phenoxy) is 1. The summed E-state index contributed by atoms with van der Waals surface area (Å²) in [4.78, 5) is 15.3. The van der Waals surface area contributed by atoms with Gasteiger partial charge in [-0.05, 0) is 57.9 Å². The average molecular weight is 345 g/mol. The van der Waals surface area contributed by atoms with Crippen molar-refractivity contribution in [1.82, 2.24) is 14.7 Å². The van der Waals surface area contributed by atoms with Crippen molar-refractivity contribution in [3.05, 3.63) is 18.0 Å². The number of rotatable bonds is 4. The van der Waals surface area contributed by atoms with Crippen LogP contribution in [0.15, 0.2) is 12.4 Å². The third-order valence-corrected chi connectivity index (χ3v) is 6.77. The van der Waals surface area contributed by atoms with Gasteiger partial charge in [0.05, 0.1) is 22.8 Å². The van der Waals surface area contributed by atoms with Crippen LogP contribution in [-0.2, 0) is 21.5 Å². The second-order valence-corrected chi connectivity index (χ2v) is 9.01. The van der Waals surface area contributed by atoms with Crippen LogP contribution in [-0.4, -0.2) is 45.9 Å². The first kappa shape index (κ1) is 17.1. The first-order valence-electron chi connectivity index (χ1n) is 9.86. The molecule has 3 aliphatic heterocycles. The summed E-state index contributed by atoms with van der Waals surface area (Å²) < 4.78 is 7.97. The zero-order valence-electron chi connectivity index (χ0n) is 15.9. The standard InChI is InChI=1S/C20H31N3O2/c1-4-5-16-12-21-23(13-16)18(2)6-9-22(10-7-18)17(24)20-8-11-25-19(3,14-20)15-20/h12-13H,4-11,14-15H2,1-3H3. The quantitative estimate of drug-likeness (QED) is 0.842. The second-order valence-electron chi connectivity index (χ2n) is 9.01. The highest BCUT2D eigenvalue weighted by atomic mass is 16.5. The Morgan fingerprint density at radius 2 is 1.96 bits per heavy atom. The number of fused-ring (bicyclic) bond motifs is 2. The molecule has 0 radical (unpaired) electrons. The fraction of sp³-hybridized carbons (Fsp3) is 0.800. The van der Waals surface area contributed by atoms with Crippen molar-refractivity contribution in [1.29, 1.82) is 0 Å². The number of piperidine rings is 1. The summed E-state index contributed by atoms with van der Waals surface area (Å²) in [6.07, 6.45) is 11.1. The minimum absolute atomic E-state index is 0.0320. The van der Waals surface area contributed by atoms with Crippen molar-refractivity contribution in [2.24, 2.45) is 5.41 Å². The van der Waals surface area contributed by atoms with Gasteiger partial charge in [-0.2, -0.15) is 5.10 Å². The van der Waals surface area contributed by atoms with Crippen LogP contribution in [0.25, 0.3) is 0 Å². The van der Waals surface area contributed by atoms with E-state index in [9.17, 15) is 4.79 Å². The summed E-state index contributed by atoms with van der Waals surface area (Å²) in [7, 11) is 0. The Morgan fingerprint density at radius 1 is 1.24 bits per heavy atom. The van der Waals surface area contributed by atoms with Crippen molar-refractivity contribution >= 4 is 5.91 Å². The molecule has 138 valence electrons. The zero-order chi connectivity index (χ0) is 17.7. The number of aromatic nitrogens is 2. The molecule has 4 heterocycles. The summed E-state index contributed by atoms with van der Waals surface area (Å²) in [5.41, 5.74) is 1.19. The number of hydrogen-bond donors (Lipinski definition) is 0. The molecule has 4 fully saturated rings. The summed E-state index contributed by atoms with van der Waals surface area (Å²) in [5, 5.41) is 4.62. The lowest BCUT2D eigenvalue weighted by Gasteiger charge is -2.59. The monoisotopic (exact) mass is 345 g/mol. The minimum atomic E-state index is -0.124. The maximum atomic E-state index is 13.1. The SMILES string of the molecule is CCCc1cnn(C2(C)CCN(C(=O)C34CCOC(C)(C3)C4)CC2)c1. The molecule has 0 aromatic carbocycles. The van der Waals surface area contributed by atoms with E-state index in [4.69, 9.17) is 4.74 Å². The highest BCUT2D eigenvalue weighted by Crippen LogP contribution is 2.57. The van der Waals surface area contributed by atoms with Gasteiger partial charge in [-0.3, -0.25) is 9.48 Å². The summed E-state index contributed by atoms with van der Waals surface area (Å²) in [6, 6.07) is 0. The number of hydrogen-bond acceptors (Lipinski definition) is 3. The maximum Gasteiger partial charge on any atom is 0.229 e. The van der Waals surface area contributed by atoms with E-state index >= 15 is 0 Å². The Kier molecular flexibility index (Phi) is 3.98. The van der Waals surface area contributed by atoms with Crippen molar-refractivity contribution in [2.45, 2.75) is 76.9 Å². The van der Waals surface area contributed by atoms with Gasteiger partial charge in [0.1, 0.15) is 0 Å². The Hall–Kier alpha value is -1.36. The third kappa shape index (κ3) is 2.80. The summed E-state index contributed by atoms with van der Waals surface area (Å²) in [6.45, 7) is 9.06. The molecule has 0 spiro atoms. The lowest BCUT2D eigenvalue weighted by molar-refractivity contribution is -0.221. The van der Waals surface area contributed by atoms with E-state index in [0.717, 1.165) is 64.6 Å². The van der Waals surface area contributed by atoms with Gasteiger partial charge in [-0.25, -0.2) is 0 Å². The van der Waals surface area contributed by atoms with Gasteiger partial charge in [0.2, 0.25) is 5.91 Å². The van der Waals surface area contributed by atoms with Crippen LogP contribution in [0, 0.1) is 5.41 Å². The van der Waals surface area contributed by atoms with E-state index < -0.39 is 0 Å². The van der Waals surface area contributed by atoms with E-state index in [1.165, 1.54) is 5.56 Å². The van der Waals surface area contributed by atoms with Gasteiger partial charge < -0.3 is 9.64 Å². The number of likely N-dealkylation sites (tertiary alicyclic amines) is 1. The molecule has 1 aromatic rings. The molecule has 4 aliphatic rings. The van der Waals surface area contributed by atoms with E-state index in [0.29, 0.717) is 5.91 Å². The highest BCUT2D eigenvalue weighted by Gasteiger charge is 2.61. The number of amides is 1. The molecule has 0 atom stereocenters. The van der Waals surface area contributed by atoms with Gasteiger partial charge in [0.15, 0.2) is 0 Å². The van der Waals surface area contributed by atoms with E-state index in [1.54, 1.807) is 0 Å². The van der Waals surface area contributed by atoms with E-state index in [-0.39, 0.29) is 16.6 Å². The first-order chi connectivity index (χ1) is 11.9. The van der Waals surface area contributed by atoms with Crippen molar-refractivity contribution in [3.63, 3.8) is 0 Å². The molecule has 1 saturated carbocycles. The van der Waals surface area contributed by atoms with Gasteiger partial charge >= 0.3 is 0 Å². The predicted molar refractivity (Wildman–Crippen MR) is 96.3 cm³/mol. The van der Waals surface area contributed by atoms with Crippen LogP contribution in [0.4, 0.5) is 0 Å². The van der Waals surface area contributed by atoms with E-state index in [1.807, 2.05) is 6.20 Å². The maximum absolute atomic E-state index is 13.1. The molecule has 3 saturated heterocycles. The van der Waals surface area contributed by atoms with Crippen LogP contribution >= 0.6 is 0 Å². The van der Waals surface area contributed by atoms with Crippen LogP contribution in [0.1, 0.15) is 64.9 Å². The molecule has 1 aliphatic carbocycles. The Labute approximate surface area is 150 Å². The lowest BCUT2D eigenvalue weighted by Crippen LogP contribution is -2.64. The Bertz CT molecular complexity index is 652. The lowest BCUT2D eigenvalue weighted by atomic mass is 9.55. The molecule has 5 rings (SSSR count). The van der Waals surface area contributed by atoms with Gasteiger partial charge in [-0.15, -0.1) is 0 Å². The zero-order valence-corrected chi connectivity index (χ0v) is 15.9. The topological polar surface area (TPSA) is 47.4 Å². The molecule has 25 heavy (non-hydrogen) atoms. The number of carbonyl (C=O) groups excluding carboxylic acids is 1. The molecule has 5 heteroatoms. The molecule has 1 aromatic heterocycles. The molecule has 0 unspecified atom stereocenters. The Morgan fingerprint density at radius 3 is 2.60 bits per heavy atom. The minimum Gasteiger partial charge on any atom is -0.375 e. The largest absolute Gasteiger partial charge is 0.375 e. The molecular weight excluding hydrogens is 314 g/mol. The van der Waals surface area contributed by atoms with Gasteiger partial charge in [0, 0.05) is 25.9 Å². The molecule has 5 nitrogen and oxygen atoms in total. The molecular formula is C20H31N3O2. The van der Waals surface area contributed by atoms with E-state index in [2.05, 4.69) is 41.6 Å². The number of carbonyl (C=O) groups is 1. The number of nitrogens with zero attached hydrogens (tertiary/aromatic N) is 3. The summed E-state index contributed by atoms with van der Waals surface area (Å²) in [5.74, 6) is 0.377. The molecule has 2 bridgehead atoms. The van der Waals surface area contributed by atoms with Crippen LogP contribution in [0.3, 0.4) is 0 Å². The normalized spacial score (nSPS) is 33.8. The molecule has 0 N–H and O–H groups in total. The average Bonchev–Trinajstić information content (AvgIpc) is 3.04. The van der Waals surface area contributed by atoms with Crippen molar-refractivity contribution in [3.8, 4) is 0 Å². The van der Waals surface area contributed by atoms with Crippen LogP contribution < -0.4 is 0 Å². The second kappa shape index (κ2) is 5.83. The smallest absolute Gasteiger partial charge is 0.229 e. The highest BCUT2D eigenvalue weighted by molar-refractivity contribution is 5.84. The van der Waals surface area contributed by atoms with Crippen molar-refractivity contribution in [2.75, 3.05) is 19.7 Å². The van der Waals surface area contributed by atoms with Gasteiger partial charge in [-0.1, -0.05) is 13.3 Å². The van der Waals surface area contributed by atoms with Crippen LogP contribution in [0.2, 0.25) is 0 Å². The first-order valence-corrected chi connectivity index (χ1v) is 9.86. The predicted octanol–water partition coefficient (Wildman–Crippen LogP) is 3.13. The fourth-order valence-corrected chi connectivity index (χ4v) is 5.24. The fourth-order valence-electron chi connectivity index (χ4n) is 5.24. The van der Waals surface area contributed by atoms with Gasteiger partial charge in [0.25, 0.3) is 0 Å². The summed E-state index contributed by atoms with van der Waals surface area (Å²) >= 11 is 0. The van der Waals surface area contributed by atoms with Crippen LogP contribution in [0.5, 0.6) is 0 Å². The third-order valence-electron chi connectivity index (χ3n) is 6.77. The Balaban J connectivity index is 1.40. The van der Waals surface area contributed by atoms with Crippen molar-refractivity contribution < 1.29 is 9.53 Å². The molecule has 1 amide bonds. The number of aryl methyl sites for hydroxylation is 1.